The largest absolute Gasteiger partial charge is 0.505 e. The highest BCUT2D eigenvalue weighted by atomic mass is 19.2. The lowest BCUT2D eigenvalue weighted by atomic mass is 9.90. The maximum atomic E-state index is 13.6. The van der Waals surface area contributed by atoms with Crippen molar-refractivity contribution in [2.24, 2.45) is 5.92 Å². The summed E-state index contributed by atoms with van der Waals surface area (Å²) >= 11 is 0. The predicted octanol–water partition coefficient (Wildman–Crippen LogP) is 2.64. The second-order valence-corrected chi connectivity index (χ2v) is 4.34. The van der Waals surface area contributed by atoms with Gasteiger partial charge in [0, 0.05) is 5.92 Å². The minimum absolute atomic E-state index is 0.0465. The number of phenolic OH excluding ortho intramolecular Hbond substituents is 1. The van der Waals surface area contributed by atoms with Crippen molar-refractivity contribution in [1.82, 2.24) is 0 Å². The zero-order valence-electron chi connectivity index (χ0n) is 8.99. The van der Waals surface area contributed by atoms with Gasteiger partial charge in [0.05, 0.1) is 6.42 Å². The first-order valence-electron chi connectivity index (χ1n) is 5.39. The maximum Gasteiger partial charge on any atom is 0.303 e. The van der Waals surface area contributed by atoms with E-state index < -0.39 is 29.3 Å². The van der Waals surface area contributed by atoms with Crippen LogP contribution in [0.5, 0.6) is 5.75 Å². The second kappa shape index (κ2) is 4.31. The molecule has 0 radical (unpaired) electrons. The molecule has 1 fully saturated rings. The van der Waals surface area contributed by atoms with Crippen LogP contribution in [0.3, 0.4) is 0 Å². The van der Waals surface area contributed by atoms with Crippen molar-refractivity contribution >= 4 is 5.97 Å². The van der Waals surface area contributed by atoms with Crippen LogP contribution in [0.1, 0.15) is 30.7 Å². The minimum atomic E-state index is -1.31. The molecule has 0 amide bonds. The average molecular weight is 242 g/mol. The molecule has 0 aliphatic heterocycles. The molecule has 1 unspecified atom stereocenters. The summed E-state index contributed by atoms with van der Waals surface area (Å²) < 4.78 is 26.8. The number of carboxylic acid groups (broad SMARTS) is 1. The second-order valence-electron chi connectivity index (χ2n) is 4.34. The lowest BCUT2D eigenvalue weighted by Crippen LogP contribution is -2.11. The third-order valence-electron chi connectivity index (χ3n) is 3.08. The number of hydrogen-bond acceptors (Lipinski definition) is 2. The highest BCUT2D eigenvalue weighted by molar-refractivity contribution is 5.68. The third-order valence-corrected chi connectivity index (χ3v) is 3.08. The number of carboxylic acids is 1. The van der Waals surface area contributed by atoms with Crippen LogP contribution in [0.4, 0.5) is 8.78 Å². The summed E-state index contributed by atoms with van der Waals surface area (Å²) in [5, 5.41) is 17.8. The van der Waals surface area contributed by atoms with Crippen LogP contribution in [0.2, 0.25) is 0 Å². The molecule has 1 atom stereocenters. The smallest absolute Gasteiger partial charge is 0.303 e. The van der Waals surface area contributed by atoms with Crippen molar-refractivity contribution in [2.75, 3.05) is 0 Å². The topological polar surface area (TPSA) is 57.5 Å². The first-order valence-corrected chi connectivity index (χ1v) is 5.39. The highest BCUT2D eigenvalue weighted by Crippen LogP contribution is 2.45. The Morgan fingerprint density at radius 2 is 2.00 bits per heavy atom. The molecule has 2 rings (SSSR count). The molecule has 0 spiro atoms. The van der Waals surface area contributed by atoms with Gasteiger partial charge in [0.15, 0.2) is 11.6 Å². The van der Waals surface area contributed by atoms with Crippen molar-refractivity contribution < 1.29 is 23.8 Å². The van der Waals surface area contributed by atoms with Crippen molar-refractivity contribution in [3.05, 3.63) is 29.3 Å². The molecule has 1 aromatic carbocycles. The Balaban J connectivity index is 2.35. The van der Waals surface area contributed by atoms with E-state index in [-0.39, 0.29) is 17.9 Å². The van der Waals surface area contributed by atoms with Gasteiger partial charge in [-0.25, -0.2) is 4.39 Å². The fourth-order valence-corrected chi connectivity index (χ4v) is 2.06. The molecule has 1 saturated carbocycles. The number of aromatic hydroxyl groups is 1. The van der Waals surface area contributed by atoms with Gasteiger partial charge in [-0.15, -0.1) is 0 Å². The van der Waals surface area contributed by atoms with Gasteiger partial charge in [0.2, 0.25) is 5.82 Å². The van der Waals surface area contributed by atoms with Crippen LogP contribution in [0, 0.1) is 17.6 Å². The third kappa shape index (κ3) is 2.38. The van der Waals surface area contributed by atoms with Gasteiger partial charge in [-0.3, -0.25) is 4.79 Å². The van der Waals surface area contributed by atoms with Gasteiger partial charge in [-0.2, -0.15) is 4.39 Å². The standard InChI is InChI=1S/C12H12F2O3/c13-11-7(3-4-9(15)12(11)14)8(5-10(16)17)6-1-2-6/h3-4,6,8,15H,1-2,5H2,(H,16,17). The Morgan fingerprint density at radius 3 is 2.53 bits per heavy atom. The van der Waals surface area contributed by atoms with Gasteiger partial charge in [-0.1, -0.05) is 6.07 Å². The van der Waals surface area contributed by atoms with E-state index in [2.05, 4.69) is 0 Å². The number of halogens is 2. The molecule has 1 aliphatic carbocycles. The molecule has 1 aliphatic rings. The molecule has 2 N–H and O–H groups in total. The van der Waals surface area contributed by atoms with E-state index in [1.165, 1.54) is 6.07 Å². The minimum Gasteiger partial charge on any atom is -0.505 e. The Hall–Kier alpha value is -1.65. The van der Waals surface area contributed by atoms with E-state index in [1.807, 2.05) is 0 Å². The summed E-state index contributed by atoms with van der Waals surface area (Å²) in [5.74, 6) is -4.64. The van der Waals surface area contributed by atoms with Gasteiger partial charge >= 0.3 is 5.97 Å². The summed E-state index contributed by atoms with van der Waals surface area (Å²) in [6, 6.07) is 2.32. The molecule has 0 saturated heterocycles. The van der Waals surface area contributed by atoms with Crippen LogP contribution in [0.25, 0.3) is 0 Å². The lowest BCUT2D eigenvalue weighted by Gasteiger charge is -2.15. The molecule has 92 valence electrons. The Labute approximate surface area is 96.7 Å². The molecular weight excluding hydrogens is 230 g/mol. The fraction of sp³-hybridized carbons (Fsp3) is 0.417. The fourth-order valence-electron chi connectivity index (χ4n) is 2.06. The number of aliphatic carboxylic acids is 1. The molecule has 3 nitrogen and oxygen atoms in total. The SMILES string of the molecule is O=C(O)CC(c1ccc(O)c(F)c1F)C1CC1. The van der Waals surface area contributed by atoms with Crippen LogP contribution >= 0.6 is 0 Å². The zero-order valence-corrected chi connectivity index (χ0v) is 8.99. The number of benzene rings is 1. The van der Waals surface area contributed by atoms with Crippen LogP contribution in [0.15, 0.2) is 12.1 Å². The summed E-state index contributed by atoms with van der Waals surface area (Å²) in [5.41, 5.74) is 0.0465. The Kier molecular flexibility index (Phi) is 3.00. The van der Waals surface area contributed by atoms with Crippen LogP contribution < -0.4 is 0 Å². The predicted molar refractivity (Wildman–Crippen MR) is 55.7 cm³/mol. The number of rotatable bonds is 4. The molecule has 0 heterocycles. The number of phenols is 1. The van der Waals surface area contributed by atoms with Gasteiger partial charge < -0.3 is 10.2 Å². The first-order chi connectivity index (χ1) is 8.00. The zero-order chi connectivity index (χ0) is 12.6. The lowest BCUT2D eigenvalue weighted by molar-refractivity contribution is -0.137. The van der Waals surface area contributed by atoms with Crippen molar-refractivity contribution in [3.63, 3.8) is 0 Å². The van der Waals surface area contributed by atoms with E-state index in [0.717, 1.165) is 18.9 Å². The van der Waals surface area contributed by atoms with Crippen molar-refractivity contribution in [1.29, 1.82) is 0 Å². The molecule has 0 aromatic heterocycles. The van der Waals surface area contributed by atoms with E-state index >= 15 is 0 Å². The van der Waals surface area contributed by atoms with Crippen molar-refractivity contribution in [2.45, 2.75) is 25.2 Å². The summed E-state index contributed by atoms with van der Waals surface area (Å²) in [6.07, 6.45) is 1.45. The van der Waals surface area contributed by atoms with E-state index in [9.17, 15) is 13.6 Å². The molecule has 0 bridgehead atoms. The van der Waals surface area contributed by atoms with E-state index in [4.69, 9.17) is 10.2 Å². The van der Waals surface area contributed by atoms with E-state index in [1.54, 1.807) is 0 Å². The average Bonchev–Trinajstić information content (AvgIpc) is 3.07. The molecule has 17 heavy (non-hydrogen) atoms. The summed E-state index contributed by atoms with van der Waals surface area (Å²) in [6.45, 7) is 0. The molecular formula is C12H12F2O3. The molecule has 1 aromatic rings. The molecule has 5 heteroatoms. The highest BCUT2D eigenvalue weighted by Gasteiger charge is 2.36. The van der Waals surface area contributed by atoms with Gasteiger partial charge in [-0.05, 0) is 30.4 Å². The summed E-state index contributed by atoms with van der Waals surface area (Å²) in [7, 11) is 0. The van der Waals surface area contributed by atoms with Crippen LogP contribution in [-0.2, 0) is 4.79 Å². The van der Waals surface area contributed by atoms with Gasteiger partial charge in [0.25, 0.3) is 0 Å². The maximum absolute atomic E-state index is 13.6. The van der Waals surface area contributed by atoms with Gasteiger partial charge in [0.1, 0.15) is 0 Å². The van der Waals surface area contributed by atoms with Crippen molar-refractivity contribution in [3.8, 4) is 5.75 Å². The first kappa shape index (κ1) is 11.8. The Bertz CT molecular complexity index is 455. The normalized spacial score (nSPS) is 16.8. The van der Waals surface area contributed by atoms with E-state index in [0.29, 0.717) is 0 Å². The Morgan fingerprint density at radius 1 is 1.35 bits per heavy atom. The van der Waals surface area contributed by atoms with Crippen LogP contribution in [-0.4, -0.2) is 16.2 Å². The number of hydrogen-bond donors (Lipinski definition) is 2. The number of carbonyl (C=O) groups is 1. The quantitative estimate of drug-likeness (QED) is 0.853. The monoisotopic (exact) mass is 242 g/mol. The summed E-state index contributed by atoms with van der Waals surface area (Å²) in [4.78, 5) is 10.7.